The zero-order valence-electron chi connectivity index (χ0n) is 26.1. The van der Waals surface area contributed by atoms with E-state index in [0.29, 0.717) is 24.4 Å². The number of aromatic nitrogens is 6. The highest BCUT2D eigenvalue weighted by Gasteiger charge is 2.21. The Morgan fingerprint density at radius 1 is 0.889 bits per heavy atom. The second kappa shape index (κ2) is 15.8. The number of ketones is 2. The molecular weight excluding hydrogens is 606 g/mol. The van der Waals surface area contributed by atoms with Gasteiger partial charge in [-0.15, -0.1) is 0 Å². The summed E-state index contributed by atoms with van der Waals surface area (Å²) >= 11 is 0. The Morgan fingerprint density at radius 3 is 2.00 bits per heavy atom. The van der Waals surface area contributed by atoms with Crippen LogP contribution in [0, 0.1) is 0 Å². The molecule has 0 atom stereocenters. The van der Waals surface area contributed by atoms with Crippen molar-refractivity contribution in [3.63, 3.8) is 0 Å². The molecule has 0 aromatic carbocycles. The smallest absolute Gasteiger partial charge is 0.332 e. The predicted octanol–water partition coefficient (Wildman–Crippen LogP) is 0.0815. The largest absolute Gasteiger partial charge is 0.377 e. The molecule has 16 nitrogen and oxygen atoms in total. The maximum atomic E-state index is 12.8. The molecule has 0 fully saturated rings. The summed E-state index contributed by atoms with van der Waals surface area (Å²) in [5.74, 6) is -0.306. The molecule has 0 bridgehead atoms. The monoisotopic (exact) mass is 649 g/mol. The fourth-order valence-electron chi connectivity index (χ4n) is 4.39. The van der Waals surface area contributed by atoms with Gasteiger partial charge in [-0.1, -0.05) is 27.1 Å². The Hall–Kier alpha value is -4.06. The lowest BCUT2D eigenvalue weighted by Crippen LogP contribution is -2.42. The molecule has 4 rings (SSSR count). The summed E-state index contributed by atoms with van der Waals surface area (Å²) in [5, 5.41) is 0. The van der Waals surface area contributed by atoms with Gasteiger partial charge in [0.1, 0.15) is 25.8 Å². The van der Waals surface area contributed by atoms with Gasteiger partial charge < -0.3 is 18.8 Å². The van der Waals surface area contributed by atoms with E-state index in [0.717, 1.165) is 15.2 Å². The minimum atomic E-state index is -1.21. The summed E-state index contributed by atoms with van der Waals surface area (Å²) in [5.41, 5.74) is -1.18. The van der Waals surface area contributed by atoms with Gasteiger partial charge in [0.05, 0.1) is 25.0 Å². The average Bonchev–Trinajstić information content (AvgIpc) is 3.62. The van der Waals surface area contributed by atoms with Crippen LogP contribution in [0.15, 0.2) is 30.5 Å². The molecule has 248 valence electrons. The second-order valence-electron chi connectivity index (χ2n) is 11.5. The van der Waals surface area contributed by atoms with E-state index in [1.807, 2.05) is 0 Å². The average molecular weight is 650 g/mol. The lowest BCUT2D eigenvalue weighted by Gasteiger charge is -2.15. The normalized spacial score (nSPS) is 12.1. The fraction of sp³-hybridized carbons (Fsp3) is 0.571. The van der Waals surface area contributed by atoms with E-state index in [4.69, 9.17) is 9.47 Å². The maximum Gasteiger partial charge on any atom is 0.332 e. The van der Waals surface area contributed by atoms with Gasteiger partial charge >= 0.3 is 11.4 Å². The number of Topliss-reactive ketones (excluding diaryl/α,β-unsaturated/α-hetero) is 2. The molecule has 0 unspecified atom stereocenters. The minimum absolute atomic E-state index is 0. The summed E-state index contributed by atoms with van der Waals surface area (Å²) in [6, 6.07) is 1.01. The standard InChI is InChI=1S/C16H26N4O5Si.C11H13N3O4.CH4/c1-18-14-13(15(22)20(16(18)23)8-12(21)9-24-2)19(10-17-14)11-25-6-7-26(3,4)5;1-13-9-8(3-4-12-9)10(16)14(11(13)17)5-7(15)6-18-2;/h10H,6-9,11H2,1-5H3;4H,3,5-6H2,1-2H3;1H4. The van der Waals surface area contributed by atoms with E-state index in [2.05, 4.69) is 34.4 Å². The van der Waals surface area contributed by atoms with E-state index < -0.39 is 30.6 Å². The number of carbonyl (C=O) groups excluding carboxylic acids is 2. The fourth-order valence-corrected chi connectivity index (χ4v) is 5.15. The molecule has 0 amide bonds. The van der Waals surface area contributed by atoms with Gasteiger partial charge in [-0.25, -0.2) is 19.6 Å². The number of hydrogen-bond acceptors (Lipinski definition) is 11. The molecular formula is C28H43N7O9Si. The van der Waals surface area contributed by atoms with Crippen molar-refractivity contribution >= 4 is 42.8 Å². The number of fused-ring (bicyclic) bond motifs is 2. The van der Waals surface area contributed by atoms with Crippen LogP contribution >= 0.6 is 0 Å². The summed E-state index contributed by atoms with van der Waals surface area (Å²) in [6.07, 6.45) is 3.44. The third kappa shape index (κ3) is 8.77. The number of rotatable bonds is 13. The first kappa shape index (κ1) is 37.1. The van der Waals surface area contributed by atoms with Gasteiger partial charge in [0.2, 0.25) is 0 Å². The molecule has 0 saturated carbocycles. The molecule has 1 aliphatic rings. The summed E-state index contributed by atoms with van der Waals surface area (Å²) in [7, 11) is 4.61. The summed E-state index contributed by atoms with van der Waals surface area (Å²) in [6.45, 7) is 6.65. The van der Waals surface area contributed by atoms with E-state index in [1.165, 1.54) is 43.8 Å². The van der Waals surface area contributed by atoms with Gasteiger partial charge in [-0.05, 0) is 6.04 Å². The SMILES string of the molecule is C.COCC(=O)Cn1c(=O)c2c(n(C)c1=O)N=CC2.COCC(=O)Cn1c(=O)c2c(ncn2COCC[Si](C)(C)C)n(C)c1=O. The van der Waals surface area contributed by atoms with Gasteiger partial charge in [0.15, 0.2) is 22.7 Å². The molecule has 0 radical (unpaired) electrons. The quantitative estimate of drug-likeness (QED) is 0.182. The van der Waals surface area contributed by atoms with Gasteiger partial charge in [0.25, 0.3) is 11.1 Å². The van der Waals surface area contributed by atoms with Crippen LogP contribution in [0.5, 0.6) is 0 Å². The van der Waals surface area contributed by atoms with Crippen molar-refractivity contribution in [2.45, 2.75) is 59.4 Å². The first-order valence-electron chi connectivity index (χ1n) is 13.8. The molecule has 0 saturated heterocycles. The van der Waals surface area contributed by atoms with Gasteiger partial charge in [0, 0.05) is 55.6 Å². The third-order valence-electron chi connectivity index (χ3n) is 6.73. The molecule has 0 aliphatic carbocycles. The zero-order chi connectivity index (χ0) is 32.8. The highest BCUT2D eigenvalue weighted by Crippen LogP contribution is 2.17. The Bertz CT molecular complexity index is 1810. The van der Waals surface area contributed by atoms with E-state index in [-0.39, 0.29) is 63.2 Å². The van der Waals surface area contributed by atoms with E-state index in [1.54, 1.807) is 10.8 Å². The number of nitrogens with zero attached hydrogens (tertiary/aromatic N) is 7. The van der Waals surface area contributed by atoms with Crippen molar-refractivity contribution in [3.8, 4) is 0 Å². The number of carbonyl (C=O) groups is 2. The Labute approximate surface area is 260 Å². The van der Waals surface area contributed by atoms with Crippen LogP contribution in [0.25, 0.3) is 11.2 Å². The maximum absolute atomic E-state index is 12.8. The van der Waals surface area contributed by atoms with Crippen LogP contribution in [0.1, 0.15) is 13.0 Å². The Balaban J connectivity index is 0.000000326. The molecule has 17 heteroatoms. The van der Waals surface area contributed by atoms with Crippen molar-refractivity contribution in [2.75, 3.05) is 34.0 Å². The number of methoxy groups -OCH3 is 2. The number of aryl methyl sites for hydroxylation is 1. The summed E-state index contributed by atoms with van der Waals surface area (Å²) in [4.78, 5) is 80.6. The molecule has 45 heavy (non-hydrogen) atoms. The van der Waals surface area contributed by atoms with Crippen LogP contribution in [-0.2, 0) is 64.1 Å². The number of aliphatic imine (C=N–C) groups is 1. The lowest BCUT2D eigenvalue weighted by atomic mass is 10.2. The third-order valence-corrected chi connectivity index (χ3v) is 8.43. The van der Waals surface area contributed by atoms with Crippen LogP contribution in [-0.4, -0.2) is 87.7 Å². The number of imidazole rings is 1. The zero-order valence-corrected chi connectivity index (χ0v) is 27.1. The predicted molar refractivity (Wildman–Crippen MR) is 172 cm³/mol. The molecule has 3 aromatic rings. The van der Waals surface area contributed by atoms with Crippen molar-refractivity contribution < 1.29 is 23.8 Å². The van der Waals surface area contributed by atoms with E-state index in [9.17, 15) is 28.8 Å². The molecule has 4 heterocycles. The summed E-state index contributed by atoms with van der Waals surface area (Å²) < 4.78 is 21.1. The molecule has 3 aromatic heterocycles. The molecule has 1 aliphatic heterocycles. The highest BCUT2D eigenvalue weighted by atomic mass is 28.3. The van der Waals surface area contributed by atoms with Crippen molar-refractivity contribution in [1.82, 2.24) is 27.8 Å². The van der Waals surface area contributed by atoms with E-state index >= 15 is 0 Å². The van der Waals surface area contributed by atoms with Crippen LogP contribution < -0.4 is 22.5 Å². The topological polar surface area (TPSA) is 180 Å². The van der Waals surface area contributed by atoms with Crippen LogP contribution in [0.2, 0.25) is 25.7 Å². The van der Waals surface area contributed by atoms with Crippen LogP contribution in [0.4, 0.5) is 5.82 Å². The highest BCUT2D eigenvalue weighted by molar-refractivity contribution is 6.76. The number of ether oxygens (including phenoxy) is 3. The van der Waals surface area contributed by atoms with Crippen molar-refractivity contribution in [3.05, 3.63) is 53.6 Å². The minimum Gasteiger partial charge on any atom is -0.377 e. The van der Waals surface area contributed by atoms with Crippen molar-refractivity contribution in [1.29, 1.82) is 0 Å². The Kier molecular flexibility index (Phi) is 13.0. The molecule has 0 N–H and O–H groups in total. The van der Waals surface area contributed by atoms with Gasteiger partial charge in [-0.3, -0.25) is 37.4 Å². The second-order valence-corrected chi connectivity index (χ2v) is 17.1. The van der Waals surface area contributed by atoms with Crippen LogP contribution in [0.3, 0.4) is 0 Å². The first-order chi connectivity index (χ1) is 20.7. The molecule has 0 spiro atoms. The number of hydrogen-bond donors (Lipinski definition) is 0. The lowest BCUT2D eigenvalue weighted by molar-refractivity contribution is -0.124. The van der Waals surface area contributed by atoms with Gasteiger partial charge in [-0.2, -0.15) is 0 Å². The first-order valence-corrected chi connectivity index (χ1v) is 17.5. The Morgan fingerprint density at radius 2 is 1.44 bits per heavy atom. The van der Waals surface area contributed by atoms with Crippen molar-refractivity contribution in [2.24, 2.45) is 19.1 Å².